The first-order valence-corrected chi connectivity index (χ1v) is 8.14. The molecule has 134 valence electrons. The lowest BCUT2D eigenvalue weighted by Gasteiger charge is -2.12. The molecule has 0 aliphatic heterocycles. The molecule has 1 aliphatic carbocycles. The monoisotopic (exact) mass is 364 g/mol. The van der Waals surface area contributed by atoms with Crippen LogP contribution in [0.4, 0.5) is 10.1 Å². The zero-order valence-corrected chi connectivity index (χ0v) is 14.6. The lowest BCUT2D eigenvalue weighted by molar-refractivity contribution is -0.119. The topological polar surface area (TPSA) is 64.4 Å². The molecule has 0 spiro atoms. The molecule has 0 radical (unpaired) electrons. The first-order chi connectivity index (χ1) is 11.6. The second kappa shape index (κ2) is 8.83. The summed E-state index contributed by atoms with van der Waals surface area (Å²) in [5.41, 5.74) is 7.31. The average molecular weight is 365 g/mol. The van der Waals surface area contributed by atoms with Crippen LogP contribution in [0.1, 0.15) is 24.8 Å². The van der Waals surface area contributed by atoms with Gasteiger partial charge >= 0.3 is 0 Å². The predicted molar refractivity (Wildman–Crippen MR) is 98.4 cm³/mol. The van der Waals surface area contributed by atoms with Gasteiger partial charge in [-0.25, -0.2) is 4.39 Å². The smallest absolute Gasteiger partial charge is 0.227 e. The summed E-state index contributed by atoms with van der Waals surface area (Å²) in [7, 11) is 0. The van der Waals surface area contributed by atoms with E-state index in [0.29, 0.717) is 11.4 Å². The van der Waals surface area contributed by atoms with E-state index in [4.69, 9.17) is 10.5 Å². The third kappa shape index (κ3) is 5.44. The van der Waals surface area contributed by atoms with E-state index in [2.05, 4.69) is 5.32 Å². The van der Waals surface area contributed by atoms with Crippen molar-refractivity contribution < 1.29 is 13.9 Å². The molecule has 0 heterocycles. The number of ether oxygens (including phenoxy) is 1. The highest BCUT2D eigenvalue weighted by Gasteiger charge is 2.27. The molecular weight excluding hydrogens is 343 g/mol. The normalized spacial score (nSPS) is 19.1. The fourth-order valence-electron chi connectivity index (χ4n) is 2.96. The molecule has 2 unspecified atom stereocenters. The number of carbonyl (C=O) groups excluding carboxylic acids is 1. The molecule has 0 saturated heterocycles. The quantitative estimate of drug-likeness (QED) is 0.845. The zero-order valence-electron chi connectivity index (χ0n) is 13.8. The van der Waals surface area contributed by atoms with Gasteiger partial charge in [0.1, 0.15) is 18.2 Å². The van der Waals surface area contributed by atoms with E-state index in [1.807, 2.05) is 12.1 Å². The van der Waals surface area contributed by atoms with Crippen LogP contribution in [0.25, 0.3) is 0 Å². The standard InChI is InChI=1S/C19H21FN2O2.ClH/c20-15-4-1-3-13(9-15)12-24-18-6-2-5-17(11-18)22-19(23)14-7-8-16(21)10-14;/h1-6,9,11,14,16H,7-8,10,12,21H2,(H,22,23);1H. The molecule has 25 heavy (non-hydrogen) atoms. The lowest BCUT2D eigenvalue weighted by atomic mass is 10.1. The van der Waals surface area contributed by atoms with Gasteiger partial charge in [0, 0.05) is 23.7 Å². The number of halogens is 2. The van der Waals surface area contributed by atoms with E-state index in [9.17, 15) is 9.18 Å². The maximum atomic E-state index is 13.2. The minimum Gasteiger partial charge on any atom is -0.489 e. The highest BCUT2D eigenvalue weighted by molar-refractivity contribution is 5.92. The fraction of sp³-hybridized carbons (Fsp3) is 0.316. The summed E-state index contributed by atoms with van der Waals surface area (Å²) in [6.45, 7) is 0.270. The first kappa shape index (κ1) is 19.2. The number of hydrogen-bond acceptors (Lipinski definition) is 3. The Hall–Kier alpha value is -2.11. The maximum absolute atomic E-state index is 13.2. The Kier molecular flexibility index (Phi) is 6.79. The summed E-state index contributed by atoms with van der Waals surface area (Å²) in [4.78, 5) is 12.2. The van der Waals surface area contributed by atoms with Gasteiger partial charge in [0.25, 0.3) is 0 Å². The minimum absolute atomic E-state index is 0. The molecule has 6 heteroatoms. The first-order valence-electron chi connectivity index (χ1n) is 8.14. The van der Waals surface area contributed by atoms with Crippen LogP contribution < -0.4 is 15.8 Å². The van der Waals surface area contributed by atoms with Crippen molar-refractivity contribution in [2.24, 2.45) is 11.7 Å². The van der Waals surface area contributed by atoms with Crippen LogP contribution in [0, 0.1) is 11.7 Å². The number of nitrogens with two attached hydrogens (primary N) is 1. The number of anilines is 1. The molecule has 1 fully saturated rings. The second-order valence-corrected chi connectivity index (χ2v) is 6.21. The molecule has 1 aliphatic rings. The van der Waals surface area contributed by atoms with Gasteiger partial charge in [-0.2, -0.15) is 0 Å². The number of rotatable bonds is 5. The van der Waals surface area contributed by atoms with Crippen LogP contribution >= 0.6 is 12.4 Å². The lowest BCUT2D eigenvalue weighted by Crippen LogP contribution is -2.23. The van der Waals surface area contributed by atoms with E-state index in [1.54, 1.807) is 24.3 Å². The summed E-state index contributed by atoms with van der Waals surface area (Å²) in [6, 6.07) is 13.6. The van der Waals surface area contributed by atoms with Crippen molar-refractivity contribution in [3.05, 3.63) is 59.9 Å². The number of carbonyl (C=O) groups is 1. The molecule has 3 N–H and O–H groups in total. The largest absolute Gasteiger partial charge is 0.489 e. The van der Waals surface area contributed by atoms with Gasteiger partial charge in [-0.05, 0) is 49.1 Å². The van der Waals surface area contributed by atoms with Crippen LogP contribution in [-0.2, 0) is 11.4 Å². The number of hydrogen-bond donors (Lipinski definition) is 2. The maximum Gasteiger partial charge on any atom is 0.227 e. The highest BCUT2D eigenvalue weighted by Crippen LogP contribution is 2.26. The minimum atomic E-state index is -0.285. The molecule has 1 amide bonds. The molecule has 2 aromatic carbocycles. The SMILES string of the molecule is Cl.NC1CCC(C(=O)Nc2cccc(OCc3cccc(F)c3)c2)C1. The Labute approximate surface area is 153 Å². The van der Waals surface area contributed by atoms with E-state index in [1.165, 1.54) is 12.1 Å². The summed E-state index contributed by atoms with van der Waals surface area (Å²) in [5, 5.41) is 2.92. The third-order valence-corrected chi connectivity index (χ3v) is 4.24. The average Bonchev–Trinajstić information content (AvgIpc) is 3.00. The second-order valence-electron chi connectivity index (χ2n) is 6.21. The predicted octanol–water partition coefficient (Wildman–Crippen LogP) is 3.89. The summed E-state index contributed by atoms with van der Waals surface area (Å²) >= 11 is 0. The van der Waals surface area contributed by atoms with Gasteiger partial charge < -0.3 is 15.8 Å². The van der Waals surface area contributed by atoms with E-state index < -0.39 is 0 Å². The van der Waals surface area contributed by atoms with Gasteiger partial charge in [-0.1, -0.05) is 18.2 Å². The van der Waals surface area contributed by atoms with Crippen molar-refractivity contribution in [1.82, 2.24) is 0 Å². The van der Waals surface area contributed by atoms with E-state index >= 15 is 0 Å². The summed E-state index contributed by atoms with van der Waals surface area (Å²) in [5.74, 6) is 0.328. The zero-order chi connectivity index (χ0) is 16.9. The van der Waals surface area contributed by atoms with Crippen molar-refractivity contribution in [1.29, 1.82) is 0 Å². The molecule has 4 nitrogen and oxygen atoms in total. The van der Waals surface area contributed by atoms with Gasteiger partial charge in [-0.3, -0.25) is 4.79 Å². The molecule has 0 aromatic heterocycles. The summed E-state index contributed by atoms with van der Waals surface area (Å²) < 4.78 is 18.8. The highest BCUT2D eigenvalue weighted by atomic mass is 35.5. The van der Waals surface area contributed by atoms with Crippen LogP contribution in [0.3, 0.4) is 0 Å². The molecule has 0 bridgehead atoms. The van der Waals surface area contributed by atoms with Gasteiger partial charge in [-0.15, -0.1) is 12.4 Å². The van der Waals surface area contributed by atoms with Crippen molar-refractivity contribution in [3.8, 4) is 5.75 Å². The third-order valence-electron chi connectivity index (χ3n) is 4.24. The van der Waals surface area contributed by atoms with E-state index in [0.717, 1.165) is 24.8 Å². The Morgan fingerprint density at radius 1 is 1.20 bits per heavy atom. The summed E-state index contributed by atoms with van der Waals surface area (Å²) in [6.07, 6.45) is 2.47. The van der Waals surface area contributed by atoms with Crippen LogP contribution in [-0.4, -0.2) is 11.9 Å². The molecule has 1 saturated carbocycles. The van der Waals surface area contributed by atoms with Gasteiger partial charge in [0.15, 0.2) is 0 Å². The van der Waals surface area contributed by atoms with Crippen molar-refractivity contribution >= 4 is 24.0 Å². The van der Waals surface area contributed by atoms with Crippen LogP contribution in [0.5, 0.6) is 5.75 Å². The fourth-order valence-corrected chi connectivity index (χ4v) is 2.96. The van der Waals surface area contributed by atoms with Crippen LogP contribution in [0.15, 0.2) is 48.5 Å². The van der Waals surface area contributed by atoms with E-state index in [-0.39, 0.29) is 42.7 Å². The van der Waals surface area contributed by atoms with Crippen LogP contribution in [0.2, 0.25) is 0 Å². The Morgan fingerprint density at radius 3 is 2.72 bits per heavy atom. The van der Waals surface area contributed by atoms with Gasteiger partial charge in [0.05, 0.1) is 0 Å². The molecule has 2 aromatic rings. The van der Waals surface area contributed by atoms with Gasteiger partial charge in [0.2, 0.25) is 5.91 Å². The molecular formula is C19H22ClFN2O2. The Bertz CT molecular complexity index is 726. The Balaban J connectivity index is 0.00000225. The number of amides is 1. The number of nitrogens with one attached hydrogen (secondary N) is 1. The molecule has 2 atom stereocenters. The van der Waals surface area contributed by atoms with Crippen molar-refractivity contribution in [2.75, 3.05) is 5.32 Å². The van der Waals surface area contributed by atoms with Crippen molar-refractivity contribution in [2.45, 2.75) is 31.9 Å². The Morgan fingerprint density at radius 2 is 2.00 bits per heavy atom. The number of benzene rings is 2. The van der Waals surface area contributed by atoms with Crippen molar-refractivity contribution in [3.63, 3.8) is 0 Å². The molecule has 3 rings (SSSR count).